The van der Waals surface area contributed by atoms with E-state index in [1.807, 2.05) is 19.1 Å². The molecular weight excluding hydrogens is 367 g/mol. The van der Waals surface area contributed by atoms with Gasteiger partial charge in [-0.05, 0) is 49.2 Å². The molecule has 0 bridgehead atoms. The second kappa shape index (κ2) is 8.68. The largest absolute Gasteiger partial charge is 0.495 e. The third-order valence-corrected chi connectivity index (χ3v) is 4.19. The highest BCUT2D eigenvalue weighted by Crippen LogP contribution is 2.28. The number of aryl methyl sites for hydroxylation is 1. The molecule has 7 heteroatoms. The molecule has 2 aromatic carbocycles. The monoisotopic (exact) mass is 386 g/mol. The van der Waals surface area contributed by atoms with Gasteiger partial charge < -0.3 is 15.4 Å². The molecule has 0 unspecified atom stereocenters. The van der Waals surface area contributed by atoms with Crippen molar-refractivity contribution in [2.24, 2.45) is 0 Å². The van der Waals surface area contributed by atoms with Crippen molar-refractivity contribution in [3.8, 4) is 5.75 Å². The standard InChI is InChI=1S/C20H20ClFN4O/c1-13-24-19(23-10-9-14-3-5-15(22)6-4-14)12-20(25-13)26-16-7-8-18(27-2)17(21)11-16/h3-8,11-12H,9-10H2,1-2H3,(H2,23,24,25,26). The molecule has 0 aliphatic heterocycles. The van der Waals surface area contributed by atoms with Gasteiger partial charge in [-0.15, -0.1) is 0 Å². The van der Waals surface area contributed by atoms with Gasteiger partial charge in [0.25, 0.3) is 0 Å². The highest BCUT2D eigenvalue weighted by Gasteiger charge is 2.06. The zero-order valence-electron chi connectivity index (χ0n) is 15.1. The van der Waals surface area contributed by atoms with E-state index in [1.165, 1.54) is 12.1 Å². The van der Waals surface area contributed by atoms with Crippen LogP contribution in [0.4, 0.5) is 21.7 Å². The van der Waals surface area contributed by atoms with Gasteiger partial charge in [0.15, 0.2) is 0 Å². The third-order valence-electron chi connectivity index (χ3n) is 3.90. The molecule has 0 amide bonds. The lowest BCUT2D eigenvalue weighted by atomic mass is 10.1. The zero-order valence-corrected chi connectivity index (χ0v) is 15.8. The van der Waals surface area contributed by atoms with E-state index in [4.69, 9.17) is 16.3 Å². The minimum atomic E-state index is -0.229. The van der Waals surface area contributed by atoms with Gasteiger partial charge >= 0.3 is 0 Å². The molecule has 27 heavy (non-hydrogen) atoms. The summed E-state index contributed by atoms with van der Waals surface area (Å²) in [7, 11) is 1.58. The van der Waals surface area contributed by atoms with Crippen molar-refractivity contribution in [2.75, 3.05) is 24.3 Å². The van der Waals surface area contributed by atoms with Gasteiger partial charge in [-0.1, -0.05) is 23.7 Å². The quantitative estimate of drug-likeness (QED) is 0.599. The predicted molar refractivity (Wildman–Crippen MR) is 107 cm³/mol. The molecule has 2 N–H and O–H groups in total. The first-order valence-electron chi connectivity index (χ1n) is 8.48. The molecule has 5 nitrogen and oxygen atoms in total. The van der Waals surface area contributed by atoms with Crippen LogP contribution in [0.3, 0.4) is 0 Å². The summed E-state index contributed by atoms with van der Waals surface area (Å²) >= 11 is 6.16. The van der Waals surface area contributed by atoms with Crippen LogP contribution in [0.5, 0.6) is 5.75 Å². The average molecular weight is 387 g/mol. The van der Waals surface area contributed by atoms with E-state index in [0.29, 0.717) is 34.8 Å². The lowest BCUT2D eigenvalue weighted by molar-refractivity contribution is 0.415. The smallest absolute Gasteiger partial charge is 0.137 e. The van der Waals surface area contributed by atoms with E-state index in [0.717, 1.165) is 17.7 Å². The van der Waals surface area contributed by atoms with Gasteiger partial charge in [0.2, 0.25) is 0 Å². The molecule has 0 atom stereocenters. The first kappa shape index (κ1) is 18.9. The van der Waals surface area contributed by atoms with Crippen LogP contribution in [0.2, 0.25) is 5.02 Å². The molecule has 0 spiro atoms. The number of anilines is 3. The summed E-state index contributed by atoms with van der Waals surface area (Å²) in [6.45, 7) is 2.51. The number of ether oxygens (including phenoxy) is 1. The van der Waals surface area contributed by atoms with Crippen LogP contribution in [-0.4, -0.2) is 23.6 Å². The van der Waals surface area contributed by atoms with Crippen LogP contribution >= 0.6 is 11.6 Å². The number of halogens is 2. The van der Waals surface area contributed by atoms with Crippen LogP contribution in [-0.2, 0) is 6.42 Å². The highest BCUT2D eigenvalue weighted by atomic mass is 35.5. The van der Waals surface area contributed by atoms with Crippen LogP contribution in [0, 0.1) is 12.7 Å². The second-order valence-corrected chi connectivity index (χ2v) is 6.37. The molecule has 1 aromatic heterocycles. The summed E-state index contributed by atoms with van der Waals surface area (Å²) in [5.74, 6) is 2.40. The van der Waals surface area contributed by atoms with E-state index in [1.54, 1.807) is 31.4 Å². The molecule has 3 rings (SSSR count). The van der Waals surface area contributed by atoms with Crippen LogP contribution in [0.15, 0.2) is 48.5 Å². The molecular formula is C20H20ClFN4O. The van der Waals surface area contributed by atoms with Crippen molar-refractivity contribution in [1.82, 2.24) is 9.97 Å². The SMILES string of the molecule is COc1ccc(Nc2cc(NCCc3ccc(F)cc3)nc(C)n2)cc1Cl. The number of rotatable bonds is 7. The summed E-state index contributed by atoms with van der Waals surface area (Å²) in [6.07, 6.45) is 0.764. The maximum atomic E-state index is 13.0. The first-order valence-corrected chi connectivity index (χ1v) is 8.86. The lowest BCUT2D eigenvalue weighted by Crippen LogP contribution is -2.08. The Hall–Kier alpha value is -2.86. The van der Waals surface area contributed by atoms with Crippen molar-refractivity contribution >= 4 is 28.9 Å². The number of hydrogen-bond donors (Lipinski definition) is 2. The second-order valence-electron chi connectivity index (χ2n) is 5.96. The maximum absolute atomic E-state index is 13.0. The van der Waals surface area contributed by atoms with Crippen LogP contribution < -0.4 is 15.4 Å². The number of hydrogen-bond acceptors (Lipinski definition) is 5. The van der Waals surface area contributed by atoms with Crippen molar-refractivity contribution in [2.45, 2.75) is 13.3 Å². The average Bonchev–Trinajstić information content (AvgIpc) is 2.63. The summed E-state index contributed by atoms with van der Waals surface area (Å²) < 4.78 is 18.1. The predicted octanol–water partition coefficient (Wildman–Crippen LogP) is 4.98. The fourth-order valence-corrected chi connectivity index (χ4v) is 2.86. The molecule has 0 fully saturated rings. The number of methoxy groups -OCH3 is 1. The van der Waals surface area contributed by atoms with Gasteiger partial charge in [-0.2, -0.15) is 0 Å². The Morgan fingerprint density at radius 1 is 1.04 bits per heavy atom. The van der Waals surface area contributed by atoms with E-state index in [9.17, 15) is 4.39 Å². The van der Waals surface area contributed by atoms with Crippen LogP contribution in [0.1, 0.15) is 11.4 Å². The van der Waals surface area contributed by atoms with E-state index >= 15 is 0 Å². The van der Waals surface area contributed by atoms with Crippen molar-refractivity contribution in [1.29, 1.82) is 0 Å². The Labute approximate surface area is 162 Å². The minimum absolute atomic E-state index is 0.229. The Morgan fingerprint density at radius 2 is 1.78 bits per heavy atom. The molecule has 1 heterocycles. The normalized spacial score (nSPS) is 10.5. The van der Waals surface area contributed by atoms with E-state index in [-0.39, 0.29) is 5.82 Å². The lowest BCUT2D eigenvalue weighted by Gasteiger charge is -2.11. The fourth-order valence-electron chi connectivity index (χ4n) is 2.60. The molecule has 0 saturated carbocycles. The Morgan fingerprint density at radius 3 is 2.48 bits per heavy atom. The number of nitrogens with one attached hydrogen (secondary N) is 2. The molecule has 0 aliphatic rings. The summed E-state index contributed by atoms with van der Waals surface area (Å²) in [6, 6.07) is 13.8. The molecule has 0 saturated heterocycles. The molecule has 140 valence electrons. The van der Waals surface area contributed by atoms with Gasteiger partial charge in [-0.3, -0.25) is 0 Å². The van der Waals surface area contributed by atoms with Crippen molar-refractivity contribution < 1.29 is 9.13 Å². The number of aromatic nitrogens is 2. The van der Waals surface area contributed by atoms with Gasteiger partial charge in [0.05, 0.1) is 12.1 Å². The number of benzene rings is 2. The topological polar surface area (TPSA) is 59.1 Å². The summed E-state index contributed by atoms with van der Waals surface area (Å²) in [5.41, 5.74) is 1.86. The van der Waals surface area contributed by atoms with Crippen LogP contribution in [0.25, 0.3) is 0 Å². The Bertz CT molecular complexity index is 918. The number of nitrogens with zero attached hydrogens (tertiary/aromatic N) is 2. The molecule has 3 aromatic rings. The van der Waals surface area contributed by atoms with Gasteiger partial charge in [0, 0.05) is 18.3 Å². The first-order chi connectivity index (χ1) is 13.0. The Balaban J connectivity index is 1.65. The minimum Gasteiger partial charge on any atom is -0.495 e. The molecule has 0 radical (unpaired) electrons. The van der Waals surface area contributed by atoms with Crippen molar-refractivity contribution in [3.63, 3.8) is 0 Å². The maximum Gasteiger partial charge on any atom is 0.137 e. The highest BCUT2D eigenvalue weighted by molar-refractivity contribution is 6.32. The van der Waals surface area contributed by atoms with Gasteiger partial charge in [-0.25, -0.2) is 14.4 Å². The zero-order chi connectivity index (χ0) is 19.2. The third kappa shape index (κ3) is 5.31. The van der Waals surface area contributed by atoms with Gasteiger partial charge in [0.1, 0.15) is 29.0 Å². The summed E-state index contributed by atoms with van der Waals surface area (Å²) in [4.78, 5) is 8.80. The summed E-state index contributed by atoms with van der Waals surface area (Å²) in [5, 5.41) is 7.01. The molecule has 0 aliphatic carbocycles. The van der Waals surface area contributed by atoms with E-state index < -0.39 is 0 Å². The van der Waals surface area contributed by atoms with E-state index in [2.05, 4.69) is 20.6 Å². The Kier molecular flexibility index (Phi) is 6.08. The van der Waals surface area contributed by atoms with Crippen molar-refractivity contribution in [3.05, 3.63) is 70.8 Å². The fraction of sp³-hybridized carbons (Fsp3) is 0.200.